The minimum atomic E-state index is -0.545. The number of likely N-dealkylation sites (tertiary alicyclic amines) is 1. The van der Waals surface area contributed by atoms with Crippen molar-refractivity contribution in [2.45, 2.75) is 64.8 Å². The molecule has 0 aliphatic carbocycles. The van der Waals surface area contributed by atoms with Gasteiger partial charge in [-0.25, -0.2) is 0 Å². The maximum atomic E-state index is 12.7. The Morgan fingerprint density at radius 1 is 1.21 bits per heavy atom. The van der Waals surface area contributed by atoms with Crippen LogP contribution in [0.2, 0.25) is 0 Å². The molecule has 2 rings (SSSR count). The topological polar surface area (TPSA) is 87.7 Å². The molecule has 7 heteroatoms. The first kappa shape index (κ1) is 18.7. The van der Waals surface area contributed by atoms with Crippen molar-refractivity contribution < 1.29 is 19.1 Å². The Bertz CT molecular complexity index is 510. The van der Waals surface area contributed by atoms with Crippen molar-refractivity contribution in [3.05, 3.63) is 0 Å². The normalized spacial score (nSPS) is 35.3. The van der Waals surface area contributed by atoms with E-state index in [0.29, 0.717) is 12.3 Å². The van der Waals surface area contributed by atoms with Gasteiger partial charge in [0.1, 0.15) is 6.04 Å². The van der Waals surface area contributed by atoms with Gasteiger partial charge in [0.25, 0.3) is 0 Å². The summed E-state index contributed by atoms with van der Waals surface area (Å²) in [5.41, 5.74) is 0. The predicted octanol–water partition coefficient (Wildman–Crippen LogP) is 0.288. The summed E-state index contributed by atoms with van der Waals surface area (Å²) in [6.07, 6.45) is 1.44. The summed E-state index contributed by atoms with van der Waals surface area (Å²) in [5.74, 6) is -0.149. The van der Waals surface area contributed by atoms with E-state index < -0.39 is 6.04 Å². The maximum absolute atomic E-state index is 12.7. The van der Waals surface area contributed by atoms with Crippen LogP contribution < -0.4 is 10.6 Å². The first-order chi connectivity index (χ1) is 11.3. The quantitative estimate of drug-likeness (QED) is 0.770. The summed E-state index contributed by atoms with van der Waals surface area (Å²) < 4.78 is 6.21. The fourth-order valence-corrected chi connectivity index (χ4v) is 4.09. The van der Waals surface area contributed by atoms with Crippen LogP contribution in [0, 0.1) is 11.8 Å². The van der Waals surface area contributed by atoms with Crippen molar-refractivity contribution in [2.24, 2.45) is 11.8 Å². The highest BCUT2D eigenvalue weighted by Crippen LogP contribution is 2.42. The Balaban J connectivity index is 2.27. The highest BCUT2D eigenvalue weighted by atomic mass is 16.5. The van der Waals surface area contributed by atoms with Crippen LogP contribution in [0.25, 0.3) is 0 Å². The smallest absolute Gasteiger partial charge is 0.243 e. The molecule has 0 bridgehead atoms. The van der Waals surface area contributed by atoms with Crippen LogP contribution in [0.5, 0.6) is 0 Å². The molecule has 0 aromatic carbocycles. The van der Waals surface area contributed by atoms with Gasteiger partial charge < -0.3 is 20.3 Å². The van der Waals surface area contributed by atoms with Crippen LogP contribution in [0.1, 0.15) is 40.5 Å². The fourth-order valence-electron chi connectivity index (χ4n) is 4.09. The molecule has 6 atom stereocenters. The zero-order valence-corrected chi connectivity index (χ0v) is 15.2. The number of amides is 3. The Labute approximate surface area is 143 Å². The first-order valence-corrected chi connectivity index (χ1v) is 8.74. The van der Waals surface area contributed by atoms with E-state index in [9.17, 15) is 14.4 Å². The molecule has 0 aromatic rings. The van der Waals surface area contributed by atoms with E-state index >= 15 is 0 Å². The largest absolute Gasteiger partial charge is 0.372 e. The van der Waals surface area contributed by atoms with Crippen molar-refractivity contribution in [2.75, 3.05) is 13.6 Å². The van der Waals surface area contributed by atoms with E-state index in [2.05, 4.69) is 31.4 Å². The Hall–Kier alpha value is -1.63. The van der Waals surface area contributed by atoms with Crippen LogP contribution >= 0.6 is 0 Å². The monoisotopic (exact) mass is 339 g/mol. The van der Waals surface area contributed by atoms with Gasteiger partial charge in [0.2, 0.25) is 17.7 Å². The molecule has 0 aromatic heterocycles. The van der Waals surface area contributed by atoms with E-state index in [1.165, 1.54) is 6.92 Å². The Kier molecular flexibility index (Phi) is 5.85. The van der Waals surface area contributed by atoms with Gasteiger partial charge in [0.15, 0.2) is 0 Å². The number of ether oxygens (including phenoxy) is 1. The van der Waals surface area contributed by atoms with Crippen LogP contribution in [-0.4, -0.2) is 60.5 Å². The number of carbonyl (C=O) groups is 3. The molecular weight excluding hydrogens is 310 g/mol. The number of likely N-dealkylation sites (N-methyl/N-ethyl adjacent to an activating group) is 1. The zero-order valence-electron chi connectivity index (χ0n) is 15.2. The molecule has 0 saturated carbocycles. The second-order valence-electron chi connectivity index (χ2n) is 6.91. The molecule has 0 radical (unpaired) electrons. The average Bonchev–Trinajstić information content (AvgIpc) is 2.94. The molecule has 2 N–H and O–H groups in total. The van der Waals surface area contributed by atoms with E-state index in [1.54, 1.807) is 11.9 Å². The third kappa shape index (κ3) is 3.41. The number of nitrogens with zero attached hydrogens (tertiary/aromatic N) is 1. The summed E-state index contributed by atoms with van der Waals surface area (Å²) in [6.45, 7) is 7.64. The molecule has 2 unspecified atom stereocenters. The van der Waals surface area contributed by atoms with E-state index in [4.69, 9.17) is 4.74 Å². The number of nitrogens with one attached hydrogen (secondary N) is 2. The van der Waals surface area contributed by atoms with Crippen LogP contribution in [0.3, 0.4) is 0 Å². The van der Waals surface area contributed by atoms with Crippen molar-refractivity contribution in [3.8, 4) is 0 Å². The van der Waals surface area contributed by atoms with Gasteiger partial charge in [-0.2, -0.15) is 0 Å². The minimum Gasteiger partial charge on any atom is -0.372 e. The highest BCUT2D eigenvalue weighted by molar-refractivity contribution is 5.90. The lowest BCUT2D eigenvalue weighted by Crippen LogP contribution is -2.57. The van der Waals surface area contributed by atoms with Crippen molar-refractivity contribution in [3.63, 3.8) is 0 Å². The van der Waals surface area contributed by atoms with Crippen molar-refractivity contribution in [1.82, 2.24) is 15.5 Å². The minimum absolute atomic E-state index is 0.0929. The Morgan fingerprint density at radius 2 is 1.88 bits per heavy atom. The molecule has 2 aliphatic heterocycles. The van der Waals surface area contributed by atoms with Gasteiger partial charge in [0.05, 0.1) is 24.8 Å². The third-order valence-corrected chi connectivity index (χ3v) is 5.53. The van der Waals surface area contributed by atoms with Crippen molar-refractivity contribution >= 4 is 17.7 Å². The summed E-state index contributed by atoms with van der Waals surface area (Å²) in [6, 6.07) is -0.678. The van der Waals surface area contributed by atoms with Gasteiger partial charge in [-0.15, -0.1) is 0 Å². The molecule has 2 aliphatic rings. The molecule has 7 nitrogen and oxygen atoms in total. The number of fused-ring (bicyclic) bond motifs is 1. The molecule has 2 saturated heterocycles. The zero-order chi connectivity index (χ0) is 18.0. The molecule has 3 amide bonds. The van der Waals surface area contributed by atoms with Gasteiger partial charge >= 0.3 is 0 Å². The van der Waals surface area contributed by atoms with Gasteiger partial charge in [0, 0.05) is 20.4 Å². The van der Waals surface area contributed by atoms with E-state index in [-0.39, 0.29) is 48.4 Å². The fraction of sp³-hybridized carbons (Fsp3) is 0.824. The van der Waals surface area contributed by atoms with Crippen LogP contribution in [0.4, 0.5) is 0 Å². The van der Waals surface area contributed by atoms with Crippen molar-refractivity contribution in [1.29, 1.82) is 0 Å². The van der Waals surface area contributed by atoms with Gasteiger partial charge in [-0.05, 0) is 18.3 Å². The first-order valence-electron chi connectivity index (χ1n) is 8.74. The summed E-state index contributed by atoms with van der Waals surface area (Å²) in [5, 5.41) is 5.18. The molecule has 0 spiro atoms. The lowest BCUT2D eigenvalue weighted by Gasteiger charge is -2.45. The maximum Gasteiger partial charge on any atom is 0.243 e. The lowest BCUT2D eigenvalue weighted by atomic mass is 9.79. The Morgan fingerprint density at radius 3 is 2.42 bits per heavy atom. The SMILES string of the molecule is CCC1O[C@@H]2C[C@@H](C(=O)NC)N(C(=O)CNC(C)=O)C2[C@@H](C)[C@@H]1C. The second-order valence-corrected chi connectivity index (χ2v) is 6.91. The number of hydrogen-bond donors (Lipinski definition) is 2. The summed E-state index contributed by atoms with van der Waals surface area (Å²) in [7, 11) is 1.57. The molecule has 24 heavy (non-hydrogen) atoms. The van der Waals surface area contributed by atoms with Gasteiger partial charge in [-0.3, -0.25) is 14.4 Å². The standard InChI is InChI=1S/C17H29N3O4/c1-6-13-9(2)10(3)16-14(24-13)7-12(17(23)18-5)20(16)15(22)8-19-11(4)21/h9-10,12-14,16H,6-8H2,1-5H3,(H,18,23)(H,19,21)/t9-,10-,12-,13?,14+,16?/m0/s1. The predicted molar refractivity (Wildman–Crippen MR) is 89.1 cm³/mol. The molecule has 2 heterocycles. The molecular formula is C17H29N3O4. The summed E-state index contributed by atoms with van der Waals surface area (Å²) in [4.78, 5) is 37.8. The number of hydrogen-bond acceptors (Lipinski definition) is 4. The molecule has 2 fully saturated rings. The lowest BCUT2D eigenvalue weighted by molar-refractivity contribution is -0.151. The highest BCUT2D eigenvalue weighted by Gasteiger charge is 2.53. The van der Waals surface area contributed by atoms with E-state index in [0.717, 1.165) is 6.42 Å². The number of carbonyl (C=O) groups excluding carboxylic acids is 3. The summed E-state index contributed by atoms with van der Waals surface area (Å²) >= 11 is 0. The average molecular weight is 339 g/mol. The molecule has 136 valence electrons. The van der Waals surface area contributed by atoms with E-state index in [1.807, 2.05) is 0 Å². The van der Waals surface area contributed by atoms with Crippen LogP contribution in [-0.2, 0) is 19.1 Å². The number of rotatable bonds is 4. The van der Waals surface area contributed by atoms with Gasteiger partial charge in [-0.1, -0.05) is 20.8 Å². The third-order valence-electron chi connectivity index (χ3n) is 5.53. The second kappa shape index (κ2) is 7.51. The van der Waals surface area contributed by atoms with Crippen LogP contribution in [0.15, 0.2) is 0 Å².